The zero-order valence-corrected chi connectivity index (χ0v) is 17.2. The third-order valence-electron chi connectivity index (χ3n) is 6.57. The first-order valence-corrected chi connectivity index (χ1v) is 11.4. The van der Waals surface area contributed by atoms with E-state index in [9.17, 15) is 14.4 Å². The van der Waals surface area contributed by atoms with E-state index in [4.69, 9.17) is 4.74 Å². The van der Waals surface area contributed by atoms with Crippen molar-refractivity contribution in [3.05, 3.63) is 0 Å². The van der Waals surface area contributed by atoms with Crippen LogP contribution in [0.1, 0.15) is 89.9 Å². The molecule has 0 aromatic rings. The molecule has 0 radical (unpaired) electrons. The summed E-state index contributed by atoms with van der Waals surface area (Å²) in [6, 6.07) is 0.602. The molecule has 3 rings (SSSR count). The molecule has 3 fully saturated rings. The molecule has 0 spiro atoms. The van der Waals surface area contributed by atoms with Gasteiger partial charge in [-0.3, -0.25) is 14.4 Å². The van der Waals surface area contributed by atoms with Gasteiger partial charge in [0.25, 0.3) is 5.91 Å². The maximum Gasteiger partial charge on any atom is 0.326 e. The molecule has 0 unspecified atom stereocenters. The van der Waals surface area contributed by atoms with E-state index in [2.05, 4.69) is 4.90 Å². The number of carbonyl (C=O) groups excluding carboxylic acids is 3. The Kier molecular flexibility index (Phi) is 8.16. The molecule has 1 saturated heterocycles. The van der Waals surface area contributed by atoms with Gasteiger partial charge in [0.15, 0.2) is 6.61 Å². The fraction of sp³-hybridized carbons (Fsp3) is 0.864. The molecule has 0 aromatic heterocycles. The molecular weight excluding hydrogens is 356 g/mol. The Morgan fingerprint density at radius 3 is 2.04 bits per heavy atom. The largest absolute Gasteiger partial charge is 0.454 e. The topological polar surface area (TPSA) is 66.9 Å². The summed E-state index contributed by atoms with van der Waals surface area (Å²) < 4.78 is 5.33. The first-order chi connectivity index (χ1) is 13.6. The maximum absolute atomic E-state index is 13.0. The number of ether oxygens (including phenoxy) is 1. The van der Waals surface area contributed by atoms with E-state index < -0.39 is 5.97 Å². The van der Waals surface area contributed by atoms with Crippen LogP contribution in [-0.4, -0.2) is 59.4 Å². The zero-order valence-electron chi connectivity index (χ0n) is 17.2. The minimum absolute atomic E-state index is 0.0202. The maximum atomic E-state index is 13.0. The van der Waals surface area contributed by atoms with Crippen LogP contribution >= 0.6 is 0 Å². The number of nitrogens with zero attached hydrogens (tertiary/aromatic N) is 2. The highest BCUT2D eigenvalue weighted by molar-refractivity contribution is 5.84. The molecule has 0 N–H and O–H groups in total. The molecule has 6 heteroatoms. The summed E-state index contributed by atoms with van der Waals surface area (Å²) >= 11 is 0. The Morgan fingerprint density at radius 2 is 1.43 bits per heavy atom. The summed E-state index contributed by atoms with van der Waals surface area (Å²) in [6.07, 6.45) is 14.8. The van der Waals surface area contributed by atoms with E-state index >= 15 is 0 Å². The van der Waals surface area contributed by atoms with Gasteiger partial charge in [-0.1, -0.05) is 44.9 Å². The lowest BCUT2D eigenvalue weighted by atomic mass is 9.88. The normalized spacial score (nSPS) is 22.6. The van der Waals surface area contributed by atoms with E-state index in [1.165, 1.54) is 38.5 Å². The van der Waals surface area contributed by atoms with Crippen molar-refractivity contribution in [3.8, 4) is 0 Å². The van der Waals surface area contributed by atoms with Crippen molar-refractivity contribution in [2.45, 2.75) is 102 Å². The zero-order chi connectivity index (χ0) is 19.8. The van der Waals surface area contributed by atoms with Crippen LogP contribution in [0.25, 0.3) is 0 Å². The second-order valence-electron chi connectivity index (χ2n) is 8.67. The number of esters is 1. The second kappa shape index (κ2) is 10.8. The van der Waals surface area contributed by atoms with Gasteiger partial charge < -0.3 is 14.5 Å². The smallest absolute Gasteiger partial charge is 0.326 e. The van der Waals surface area contributed by atoms with Gasteiger partial charge in [0.05, 0.1) is 0 Å². The summed E-state index contributed by atoms with van der Waals surface area (Å²) in [4.78, 5) is 41.0. The van der Waals surface area contributed by atoms with Crippen LogP contribution in [0.15, 0.2) is 0 Å². The average molecular weight is 393 g/mol. The fourth-order valence-corrected chi connectivity index (χ4v) is 5.05. The number of hydrogen-bond donors (Lipinski definition) is 0. The Hall–Kier alpha value is -1.59. The minimum atomic E-state index is -0.462. The molecule has 2 saturated carbocycles. The summed E-state index contributed by atoms with van der Waals surface area (Å²) in [5, 5.41) is 0. The molecule has 6 nitrogen and oxygen atoms in total. The van der Waals surface area contributed by atoms with E-state index in [0.717, 1.165) is 44.9 Å². The van der Waals surface area contributed by atoms with Gasteiger partial charge in [0, 0.05) is 25.0 Å². The van der Waals surface area contributed by atoms with Crippen LogP contribution < -0.4 is 0 Å². The van der Waals surface area contributed by atoms with Crippen molar-refractivity contribution in [3.63, 3.8) is 0 Å². The van der Waals surface area contributed by atoms with E-state index in [0.29, 0.717) is 25.0 Å². The number of hydrogen-bond acceptors (Lipinski definition) is 4. The Morgan fingerprint density at radius 1 is 0.857 bits per heavy atom. The lowest BCUT2D eigenvalue weighted by molar-refractivity contribution is -0.157. The van der Waals surface area contributed by atoms with Gasteiger partial charge in [0.2, 0.25) is 5.91 Å². The molecule has 0 aromatic carbocycles. The Balaban J connectivity index is 1.53. The Labute approximate surface area is 169 Å². The SMILES string of the molecule is O=C(CN1CCCCCC1=O)OCC(=O)N(C1CCCCC1)C1CCCCC1. The predicted molar refractivity (Wildman–Crippen MR) is 107 cm³/mol. The second-order valence-corrected chi connectivity index (χ2v) is 8.67. The molecule has 158 valence electrons. The number of amides is 2. The van der Waals surface area contributed by atoms with Crippen LogP contribution in [0.2, 0.25) is 0 Å². The molecule has 2 aliphatic carbocycles. The summed E-state index contributed by atoms with van der Waals surface area (Å²) in [7, 11) is 0. The highest BCUT2D eigenvalue weighted by Gasteiger charge is 2.33. The van der Waals surface area contributed by atoms with Gasteiger partial charge >= 0.3 is 5.97 Å². The summed E-state index contributed by atoms with van der Waals surface area (Å²) in [5.41, 5.74) is 0. The van der Waals surface area contributed by atoms with E-state index in [1.807, 2.05) is 0 Å². The van der Waals surface area contributed by atoms with Crippen molar-refractivity contribution in [1.29, 1.82) is 0 Å². The molecule has 1 heterocycles. The van der Waals surface area contributed by atoms with Gasteiger partial charge in [-0.15, -0.1) is 0 Å². The molecular formula is C22H36N2O4. The summed E-state index contributed by atoms with van der Waals surface area (Å²) in [5.74, 6) is -0.489. The van der Waals surface area contributed by atoms with Crippen molar-refractivity contribution in [2.24, 2.45) is 0 Å². The molecule has 0 bridgehead atoms. The molecule has 3 aliphatic rings. The predicted octanol–water partition coefficient (Wildman–Crippen LogP) is 3.43. The van der Waals surface area contributed by atoms with Gasteiger partial charge in [-0.05, 0) is 38.5 Å². The molecule has 1 aliphatic heterocycles. The first kappa shape index (κ1) is 21.1. The van der Waals surface area contributed by atoms with Crippen molar-refractivity contribution in [2.75, 3.05) is 19.7 Å². The van der Waals surface area contributed by atoms with Crippen LogP contribution in [0.5, 0.6) is 0 Å². The lowest BCUT2D eigenvalue weighted by Crippen LogP contribution is -2.50. The van der Waals surface area contributed by atoms with Gasteiger partial charge in [0.1, 0.15) is 6.54 Å². The molecule has 0 atom stereocenters. The van der Waals surface area contributed by atoms with Crippen molar-refractivity contribution in [1.82, 2.24) is 9.80 Å². The van der Waals surface area contributed by atoms with E-state index in [-0.39, 0.29) is 25.0 Å². The summed E-state index contributed by atoms with van der Waals surface area (Å²) in [6.45, 7) is 0.394. The van der Waals surface area contributed by atoms with Gasteiger partial charge in [-0.2, -0.15) is 0 Å². The van der Waals surface area contributed by atoms with Crippen LogP contribution in [-0.2, 0) is 19.1 Å². The number of rotatable bonds is 6. The molecule has 28 heavy (non-hydrogen) atoms. The third-order valence-corrected chi connectivity index (χ3v) is 6.57. The quantitative estimate of drug-likeness (QED) is 0.650. The van der Waals surface area contributed by atoms with Gasteiger partial charge in [-0.25, -0.2) is 0 Å². The average Bonchev–Trinajstić information content (AvgIpc) is 2.92. The fourth-order valence-electron chi connectivity index (χ4n) is 5.05. The third kappa shape index (κ3) is 5.95. The highest BCUT2D eigenvalue weighted by atomic mass is 16.5. The van der Waals surface area contributed by atoms with Crippen LogP contribution in [0.3, 0.4) is 0 Å². The first-order valence-electron chi connectivity index (χ1n) is 11.4. The monoisotopic (exact) mass is 392 g/mol. The van der Waals surface area contributed by atoms with E-state index in [1.54, 1.807) is 4.90 Å². The van der Waals surface area contributed by atoms with Crippen molar-refractivity contribution >= 4 is 17.8 Å². The van der Waals surface area contributed by atoms with Crippen LogP contribution in [0.4, 0.5) is 0 Å². The molecule has 2 amide bonds. The number of likely N-dealkylation sites (tertiary alicyclic amines) is 1. The lowest BCUT2D eigenvalue weighted by Gasteiger charge is -2.41. The van der Waals surface area contributed by atoms with Crippen LogP contribution in [0, 0.1) is 0 Å². The van der Waals surface area contributed by atoms with Crippen molar-refractivity contribution < 1.29 is 19.1 Å². The Bertz CT molecular complexity index is 521. The minimum Gasteiger partial charge on any atom is -0.454 e. The number of carbonyl (C=O) groups is 3. The highest BCUT2D eigenvalue weighted by Crippen LogP contribution is 2.30. The standard InChI is InChI=1S/C22H36N2O4/c25-20-14-8-3-9-15-23(20)16-22(27)28-17-21(26)24(18-10-4-1-5-11-18)19-12-6-2-7-13-19/h18-19H,1-17H2.